The summed E-state index contributed by atoms with van der Waals surface area (Å²) in [6, 6.07) is 70.7. The highest BCUT2D eigenvalue weighted by atomic mass is 16.3. The first-order valence-electron chi connectivity index (χ1n) is 18.7. The van der Waals surface area contributed by atoms with E-state index in [4.69, 9.17) is 8.83 Å². The summed E-state index contributed by atoms with van der Waals surface area (Å²) >= 11 is 0. The van der Waals surface area contributed by atoms with E-state index in [0.717, 1.165) is 77.3 Å². The molecule has 0 bridgehead atoms. The van der Waals surface area contributed by atoms with Gasteiger partial charge in [-0.2, -0.15) is 0 Å². The van der Waals surface area contributed by atoms with E-state index in [1.807, 2.05) is 12.1 Å². The lowest BCUT2D eigenvalue weighted by Crippen LogP contribution is -2.10. The predicted octanol–water partition coefficient (Wildman–Crippen LogP) is 15.1. The molecule has 3 nitrogen and oxygen atoms in total. The zero-order chi connectivity index (χ0) is 36.3. The van der Waals surface area contributed by atoms with E-state index in [1.54, 1.807) is 0 Å². The van der Waals surface area contributed by atoms with Crippen LogP contribution in [0.5, 0.6) is 0 Å². The molecule has 0 aliphatic heterocycles. The number of fused-ring (bicyclic) bond motifs is 8. The molecule has 0 spiro atoms. The summed E-state index contributed by atoms with van der Waals surface area (Å²) in [4.78, 5) is 2.29. The normalized spacial score (nSPS) is 11.6. The Morgan fingerprint density at radius 2 is 0.745 bits per heavy atom. The maximum atomic E-state index is 7.08. The van der Waals surface area contributed by atoms with Gasteiger partial charge in [-0.1, -0.05) is 164 Å². The molecule has 0 fully saturated rings. The molecule has 0 atom stereocenters. The van der Waals surface area contributed by atoms with Crippen molar-refractivity contribution >= 4 is 71.7 Å². The van der Waals surface area contributed by atoms with Crippen molar-refractivity contribution in [2.75, 3.05) is 4.90 Å². The van der Waals surface area contributed by atoms with Gasteiger partial charge in [0.15, 0.2) is 11.2 Å². The quantitative estimate of drug-likeness (QED) is 0.173. The van der Waals surface area contributed by atoms with Crippen LogP contribution in [-0.4, -0.2) is 0 Å². The number of hydrogen-bond acceptors (Lipinski definition) is 3. The lowest BCUT2D eigenvalue weighted by atomic mass is 9.94. The van der Waals surface area contributed by atoms with Crippen molar-refractivity contribution in [1.82, 2.24) is 0 Å². The molecular weight excluding hydrogens is 671 g/mol. The molecule has 2 heterocycles. The van der Waals surface area contributed by atoms with Gasteiger partial charge in [0.2, 0.25) is 0 Å². The zero-order valence-electron chi connectivity index (χ0n) is 29.8. The summed E-state index contributed by atoms with van der Waals surface area (Å²) in [7, 11) is 0. The fourth-order valence-corrected chi connectivity index (χ4v) is 8.24. The van der Waals surface area contributed by atoms with Crippen LogP contribution in [0.25, 0.3) is 88.0 Å². The van der Waals surface area contributed by atoms with Gasteiger partial charge in [-0.3, -0.25) is 0 Å². The molecule has 55 heavy (non-hydrogen) atoms. The summed E-state index contributed by atoms with van der Waals surface area (Å²) in [5, 5.41) is 6.55. The van der Waals surface area contributed by atoms with Crippen LogP contribution in [0.3, 0.4) is 0 Å². The Labute approximate surface area is 317 Å². The van der Waals surface area contributed by atoms with Crippen molar-refractivity contribution in [2.45, 2.75) is 0 Å². The number of anilines is 3. The van der Waals surface area contributed by atoms with Gasteiger partial charge in [-0.15, -0.1) is 0 Å². The first-order chi connectivity index (χ1) is 27.3. The van der Waals surface area contributed by atoms with Gasteiger partial charge in [0.25, 0.3) is 0 Å². The van der Waals surface area contributed by atoms with Gasteiger partial charge < -0.3 is 13.7 Å². The largest absolute Gasteiger partial charge is 0.454 e. The zero-order valence-corrected chi connectivity index (χ0v) is 29.8. The van der Waals surface area contributed by atoms with E-state index in [-0.39, 0.29) is 0 Å². The Kier molecular flexibility index (Phi) is 7.17. The third-order valence-corrected chi connectivity index (χ3v) is 10.9. The highest BCUT2D eigenvalue weighted by Gasteiger charge is 2.24. The Balaban J connectivity index is 1.14. The molecule has 3 heteroatoms. The van der Waals surface area contributed by atoms with Gasteiger partial charge in [-0.25, -0.2) is 0 Å². The fraction of sp³-hybridized carbons (Fsp3) is 0. The second-order valence-electron chi connectivity index (χ2n) is 14.0. The number of hydrogen-bond donors (Lipinski definition) is 0. The number of rotatable bonds is 6. The smallest absolute Gasteiger partial charge is 0.159 e. The second kappa shape index (κ2) is 12.6. The fourth-order valence-electron chi connectivity index (χ4n) is 8.24. The van der Waals surface area contributed by atoms with Gasteiger partial charge in [0.1, 0.15) is 11.2 Å². The molecule has 11 rings (SSSR count). The van der Waals surface area contributed by atoms with Gasteiger partial charge in [0, 0.05) is 32.6 Å². The van der Waals surface area contributed by atoms with Crippen molar-refractivity contribution in [2.24, 2.45) is 0 Å². The van der Waals surface area contributed by atoms with Crippen LogP contribution in [-0.2, 0) is 0 Å². The Morgan fingerprint density at radius 3 is 1.40 bits per heavy atom. The average molecular weight is 704 g/mol. The predicted molar refractivity (Wildman–Crippen MR) is 229 cm³/mol. The van der Waals surface area contributed by atoms with Crippen molar-refractivity contribution in [3.63, 3.8) is 0 Å². The molecular formula is C52H33NO2. The third-order valence-electron chi connectivity index (χ3n) is 10.9. The molecule has 0 aliphatic carbocycles. The van der Waals surface area contributed by atoms with Gasteiger partial charge in [-0.05, 0) is 75.2 Å². The lowest BCUT2D eigenvalue weighted by Gasteiger charge is -2.25. The van der Waals surface area contributed by atoms with Crippen LogP contribution in [0, 0.1) is 0 Å². The van der Waals surface area contributed by atoms with Crippen molar-refractivity contribution in [1.29, 1.82) is 0 Å². The minimum Gasteiger partial charge on any atom is -0.454 e. The number of benzene rings is 9. The molecule has 0 aliphatic rings. The lowest BCUT2D eigenvalue weighted by molar-refractivity contribution is 0.667. The molecule has 0 amide bonds. The molecule has 0 saturated heterocycles. The van der Waals surface area contributed by atoms with E-state index < -0.39 is 0 Å². The van der Waals surface area contributed by atoms with Crippen molar-refractivity contribution in [3.05, 3.63) is 200 Å². The van der Waals surface area contributed by atoms with Crippen LogP contribution >= 0.6 is 0 Å². The van der Waals surface area contributed by atoms with E-state index in [9.17, 15) is 0 Å². The van der Waals surface area contributed by atoms with E-state index in [2.05, 4.69) is 193 Å². The van der Waals surface area contributed by atoms with E-state index >= 15 is 0 Å². The average Bonchev–Trinajstić information content (AvgIpc) is 3.84. The molecule has 258 valence electrons. The monoisotopic (exact) mass is 703 g/mol. The first-order valence-corrected chi connectivity index (χ1v) is 18.7. The summed E-state index contributed by atoms with van der Waals surface area (Å²) in [6.07, 6.45) is 0. The van der Waals surface area contributed by atoms with Crippen LogP contribution in [0.4, 0.5) is 17.1 Å². The molecule has 0 saturated carbocycles. The number of para-hydroxylation sites is 3. The Bertz CT molecular complexity index is 3180. The minimum atomic E-state index is 0.819. The molecule has 0 radical (unpaired) electrons. The van der Waals surface area contributed by atoms with E-state index in [1.165, 1.54) is 27.8 Å². The van der Waals surface area contributed by atoms with Crippen LogP contribution in [0.1, 0.15) is 0 Å². The molecule has 0 N–H and O–H groups in total. The number of furan rings is 2. The Hall–Kier alpha value is -7.36. The highest BCUT2D eigenvalue weighted by molar-refractivity contribution is 6.21. The minimum absolute atomic E-state index is 0.819. The molecule has 9 aromatic carbocycles. The van der Waals surface area contributed by atoms with Crippen LogP contribution in [0.2, 0.25) is 0 Å². The summed E-state index contributed by atoms with van der Waals surface area (Å²) in [6.45, 7) is 0. The van der Waals surface area contributed by atoms with E-state index in [0.29, 0.717) is 0 Å². The Morgan fingerprint density at radius 1 is 0.291 bits per heavy atom. The highest BCUT2D eigenvalue weighted by Crippen LogP contribution is 2.48. The number of nitrogens with zero attached hydrogens (tertiary/aromatic N) is 1. The molecule has 11 aromatic rings. The second-order valence-corrected chi connectivity index (χ2v) is 14.0. The van der Waals surface area contributed by atoms with Crippen LogP contribution < -0.4 is 4.90 Å². The third kappa shape index (κ3) is 5.13. The first kappa shape index (κ1) is 31.2. The maximum Gasteiger partial charge on any atom is 0.159 e. The van der Waals surface area contributed by atoms with Crippen molar-refractivity contribution < 1.29 is 8.83 Å². The topological polar surface area (TPSA) is 29.5 Å². The van der Waals surface area contributed by atoms with Gasteiger partial charge >= 0.3 is 0 Å². The molecule has 2 aromatic heterocycles. The van der Waals surface area contributed by atoms with Crippen molar-refractivity contribution in [3.8, 4) is 33.4 Å². The maximum absolute atomic E-state index is 7.08. The van der Waals surface area contributed by atoms with Gasteiger partial charge in [0.05, 0.1) is 11.4 Å². The molecule has 0 unspecified atom stereocenters. The van der Waals surface area contributed by atoms with Crippen LogP contribution in [0.15, 0.2) is 209 Å². The summed E-state index contributed by atoms with van der Waals surface area (Å²) in [5.74, 6) is 0. The standard InChI is InChI=1S/C52H33NO2/c1-3-13-34(14-4-1)36-25-27-38(28-26-36)45-33-46-44-21-12-23-48(52(44)55-50(46)42-19-8-7-17-40(42)45)53(39-31-29-37(30-32-39)35-15-5-2-6-16-35)47-22-11-20-43-41-18-9-10-24-49(41)54-51(43)47/h1-33H. The summed E-state index contributed by atoms with van der Waals surface area (Å²) < 4.78 is 13.7. The summed E-state index contributed by atoms with van der Waals surface area (Å²) in [5.41, 5.74) is 13.4. The SMILES string of the molecule is c1ccc(-c2ccc(-c3cc4c5cccc(N(c6ccc(-c7ccccc7)cc6)c6cccc7c6oc6ccccc67)c5oc4c4ccccc34)cc2)cc1.